The Bertz CT molecular complexity index is 1670. The summed E-state index contributed by atoms with van der Waals surface area (Å²) < 4.78 is 0. The molecular formula is C26H28N12O4. The first kappa shape index (κ1) is 28.3. The number of carboxylic acid groups (broad SMARTS) is 2. The van der Waals surface area contributed by atoms with Crippen molar-refractivity contribution in [2.45, 2.75) is 30.8 Å². The summed E-state index contributed by atoms with van der Waals surface area (Å²) in [4.78, 5) is 56.0. The van der Waals surface area contributed by atoms with E-state index in [4.69, 9.17) is 17.2 Å². The Balaban J connectivity index is 1.42. The van der Waals surface area contributed by atoms with Gasteiger partial charge >= 0.3 is 11.9 Å². The molecule has 0 amide bonds. The molecule has 1 aliphatic rings. The van der Waals surface area contributed by atoms with Crippen LogP contribution in [0.1, 0.15) is 35.2 Å². The minimum absolute atomic E-state index is 0.0906. The zero-order chi connectivity index (χ0) is 30.0. The second kappa shape index (κ2) is 11.4. The summed E-state index contributed by atoms with van der Waals surface area (Å²) >= 11 is 0. The van der Waals surface area contributed by atoms with Crippen molar-refractivity contribution in [3.63, 3.8) is 0 Å². The summed E-state index contributed by atoms with van der Waals surface area (Å²) in [6.07, 6.45) is 5.59. The lowest BCUT2D eigenvalue weighted by Gasteiger charge is -2.33. The first-order valence-corrected chi connectivity index (χ1v) is 12.7. The van der Waals surface area contributed by atoms with E-state index in [1.807, 2.05) is 0 Å². The summed E-state index contributed by atoms with van der Waals surface area (Å²) in [6.45, 7) is 0.115. The SMILES string of the molecule is CN(Cc1ncc2nc(C3(N)N=C(N)c4nccnc4N3)cnc2n1)C(c1ccccc1)C(C[C@H](N)C(=O)O)C(=O)O. The minimum atomic E-state index is -1.56. The Kier molecular flexibility index (Phi) is 7.66. The number of hydrogen-bond acceptors (Lipinski definition) is 14. The maximum absolute atomic E-state index is 12.3. The van der Waals surface area contributed by atoms with Crippen LogP contribution < -0.4 is 22.5 Å². The standard InChI is InChI=1S/C26H28N12O4/c1-38(20(13-5-3-2-4-6-13)14(24(39)40)9-15(27)25(41)42)12-18-32-10-16-22(35-18)33-11-17(34-16)26(29)36-21(28)19-23(37-26)31-8-7-30-19/h2-8,10-11,14-15,20H,9,12,27,29H2,1H3,(H2,28,36)(H,31,37)(H,39,40)(H,41,42)/t14?,15-,20?,26?/m0/s1. The van der Waals surface area contributed by atoms with Gasteiger partial charge < -0.3 is 27.0 Å². The predicted octanol–water partition coefficient (Wildman–Crippen LogP) is -0.214. The van der Waals surface area contributed by atoms with Crippen LogP contribution >= 0.6 is 0 Å². The first-order valence-electron chi connectivity index (χ1n) is 12.7. The van der Waals surface area contributed by atoms with E-state index in [1.165, 1.54) is 24.8 Å². The van der Waals surface area contributed by atoms with Gasteiger partial charge in [0.05, 0.1) is 24.9 Å². The molecule has 9 N–H and O–H groups in total. The fourth-order valence-corrected chi connectivity index (χ4v) is 4.81. The topological polar surface area (TPSA) is 258 Å². The number of aromatic nitrogens is 6. The van der Waals surface area contributed by atoms with Gasteiger partial charge in [0.15, 0.2) is 17.3 Å². The lowest BCUT2D eigenvalue weighted by Crippen LogP contribution is -2.48. The van der Waals surface area contributed by atoms with Crippen molar-refractivity contribution in [1.29, 1.82) is 0 Å². The van der Waals surface area contributed by atoms with Crippen molar-refractivity contribution in [1.82, 2.24) is 34.8 Å². The van der Waals surface area contributed by atoms with E-state index in [1.54, 1.807) is 42.3 Å². The summed E-state index contributed by atoms with van der Waals surface area (Å²) in [5.74, 6) is -4.36. The highest BCUT2D eigenvalue weighted by atomic mass is 16.4. The van der Waals surface area contributed by atoms with Crippen LogP contribution in [0.3, 0.4) is 0 Å². The average Bonchev–Trinajstić information content (AvgIpc) is 2.96. The quantitative estimate of drug-likeness (QED) is 0.144. The molecule has 0 spiro atoms. The molecule has 5 rings (SSSR count). The lowest BCUT2D eigenvalue weighted by atomic mass is 9.87. The number of carbonyl (C=O) groups is 2. The number of amidine groups is 1. The molecule has 0 saturated carbocycles. The number of nitrogens with one attached hydrogen (secondary N) is 1. The van der Waals surface area contributed by atoms with Crippen LogP contribution in [0, 0.1) is 5.92 Å². The molecule has 1 aromatic carbocycles. The number of anilines is 1. The fraction of sp³-hybridized carbons (Fsp3) is 0.269. The number of benzene rings is 1. The van der Waals surface area contributed by atoms with Crippen LogP contribution in [0.15, 0.2) is 60.1 Å². The number of hydrogen-bond donors (Lipinski definition) is 6. The van der Waals surface area contributed by atoms with E-state index < -0.39 is 35.7 Å². The fourth-order valence-electron chi connectivity index (χ4n) is 4.81. The second-order valence-electron chi connectivity index (χ2n) is 9.79. The highest BCUT2D eigenvalue weighted by Gasteiger charge is 2.37. The number of aliphatic imine (C=N–C) groups is 1. The molecule has 4 atom stereocenters. The van der Waals surface area contributed by atoms with Gasteiger partial charge in [-0.25, -0.2) is 34.9 Å². The number of nitrogens with zero attached hydrogens (tertiary/aromatic N) is 8. The Hall–Kier alpha value is -5.19. The molecule has 4 heterocycles. The minimum Gasteiger partial charge on any atom is -0.481 e. The molecule has 42 heavy (non-hydrogen) atoms. The molecule has 3 aromatic heterocycles. The molecule has 0 fully saturated rings. The van der Waals surface area contributed by atoms with Gasteiger partial charge in [-0.15, -0.1) is 0 Å². The molecular weight excluding hydrogens is 544 g/mol. The van der Waals surface area contributed by atoms with Gasteiger partial charge in [0.2, 0.25) is 5.79 Å². The maximum atomic E-state index is 12.3. The van der Waals surface area contributed by atoms with Gasteiger partial charge in [0.1, 0.15) is 28.8 Å². The first-order chi connectivity index (χ1) is 20.1. The Morgan fingerprint density at radius 3 is 2.48 bits per heavy atom. The van der Waals surface area contributed by atoms with Crippen LogP contribution in [0.5, 0.6) is 0 Å². The molecule has 0 radical (unpaired) electrons. The maximum Gasteiger partial charge on any atom is 0.320 e. The van der Waals surface area contributed by atoms with Crippen LogP contribution in [0.2, 0.25) is 0 Å². The summed E-state index contributed by atoms with van der Waals surface area (Å²) in [6, 6.07) is 6.83. The van der Waals surface area contributed by atoms with Crippen molar-refractivity contribution in [3.8, 4) is 0 Å². The zero-order valence-electron chi connectivity index (χ0n) is 22.4. The summed E-state index contributed by atoms with van der Waals surface area (Å²) in [5, 5.41) is 22.4. The normalized spacial score (nSPS) is 18.4. The van der Waals surface area contributed by atoms with Crippen molar-refractivity contribution < 1.29 is 19.8 Å². The Morgan fingerprint density at radius 1 is 1.02 bits per heavy atom. The molecule has 1 aliphatic heterocycles. The van der Waals surface area contributed by atoms with Gasteiger partial charge in [-0.2, -0.15) is 0 Å². The molecule has 216 valence electrons. The molecule has 0 saturated heterocycles. The number of rotatable bonds is 10. The van der Waals surface area contributed by atoms with E-state index in [-0.39, 0.29) is 30.1 Å². The number of carboxylic acids is 2. The largest absolute Gasteiger partial charge is 0.481 e. The van der Waals surface area contributed by atoms with Gasteiger partial charge in [0, 0.05) is 18.4 Å². The van der Waals surface area contributed by atoms with Crippen LogP contribution in [-0.2, 0) is 21.9 Å². The number of aliphatic carboxylic acids is 2. The van der Waals surface area contributed by atoms with Gasteiger partial charge in [0.25, 0.3) is 0 Å². The van der Waals surface area contributed by atoms with E-state index >= 15 is 0 Å². The molecule has 16 heteroatoms. The van der Waals surface area contributed by atoms with E-state index in [2.05, 4.69) is 40.2 Å². The van der Waals surface area contributed by atoms with Crippen LogP contribution in [-0.4, -0.2) is 75.9 Å². The van der Waals surface area contributed by atoms with Crippen molar-refractivity contribution in [2.75, 3.05) is 12.4 Å². The van der Waals surface area contributed by atoms with Crippen molar-refractivity contribution >= 4 is 34.8 Å². The smallest absolute Gasteiger partial charge is 0.320 e. The molecule has 3 unspecified atom stereocenters. The van der Waals surface area contributed by atoms with Gasteiger partial charge in [-0.1, -0.05) is 30.3 Å². The molecule has 16 nitrogen and oxygen atoms in total. The molecule has 0 aliphatic carbocycles. The molecule has 0 bridgehead atoms. The predicted molar refractivity (Wildman–Crippen MR) is 149 cm³/mol. The van der Waals surface area contributed by atoms with Crippen molar-refractivity contribution in [2.24, 2.45) is 28.1 Å². The third-order valence-electron chi connectivity index (χ3n) is 6.82. The molecule has 4 aromatic rings. The third kappa shape index (κ3) is 5.67. The second-order valence-corrected chi connectivity index (χ2v) is 9.79. The van der Waals surface area contributed by atoms with Crippen LogP contribution in [0.25, 0.3) is 11.2 Å². The number of nitrogens with two attached hydrogens (primary N) is 3. The van der Waals surface area contributed by atoms with E-state index in [9.17, 15) is 19.8 Å². The monoisotopic (exact) mass is 572 g/mol. The highest BCUT2D eigenvalue weighted by molar-refractivity contribution is 6.01. The van der Waals surface area contributed by atoms with E-state index in [0.717, 1.165) is 0 Å². The Labute approximate surface area is 238 Å². The Morgan fingerprint density at radius 2 is 1.76 bits per heavy atom. The third-order valence-corrected chi connectivity index (χ3v) is 6.82. The lowest BCUT2D eigenvalue weighted by molar-refractivity contribution is -0.146. The van der Waals surface area contributed by atoms with E-state index in [0.29, 0.717) is 28.4 Å². The van der Waals surface area contributed by atoms with Gasteiger partial charge in [-0.05, 0) is 19.0 Å². The summed E-state index contributed by atoms with van der Waals surface area (Å²) in [7, 11) is 1.71. The zero-order valence-corrected chi connectivity index (χ0v) is 22.4. The number of fused-ring (bicyclic) bond motifs is 2. The van der Waals surface area contributed by atoms with Gasteiger partial charge in [-0.3, -0.25) is 20.2 Å². The highest BCUT2D eigenvalue weighted by Crippen LogP contribution is 2.32. The average molecular weight is 573 g/mol. The van der Waals surface area contributed by atoms with Crippen LogP contribution in [0.4, 0.5) is 5.82 Å². The summed E-state index contributed by atoms with van der Waals surface area (Å²) in [5.41, 5.74) is 20.2. The van der Waals surface area contributed by atoms with Crippen molar-refractivity contribution in [3.05, 3.63) is 77.9 Å².